The van der Waals surface area contributed by atoms with E-state index in [0.717, 1.165) is 10.7 Å². The van der Waals surface area contributed by atoms with Gasteiger partial charge in [0.05, 0.1) is 22.5 Å². The smallest absolute Gasteiger partial charge is 0.358 e. The predicted octanol–water partition coefficient (Wildman–Crippen LogP) is 0.924. The molecule has 2 rings (SSSR count). The highest BCUT2D eigenvalue weighted by Crippen LogP contribution is 2.18. The Morgan fingerprint density at radius 1 is 1.00 bits per heavy atom. The third kappa shape index (κ3) is 2.64. The van der Waals surface area contributed by atoms with Crippen molar-refractivity contribution in [3.05, 3.63) is 40.7 Å². The fourth-order valence-electron chi connectivity index (χ4n) is 1.97. The van der Waals surface area contributed by atoms with Crippen LogP contribution in [0.4, 0.5) is 0 Å². The first-order chi connectivity index (χ1) is 10.3. The summed E-state index contributed by atoms with van der Waals surface area (Å²) in [7, 11) is 0. The van der Waals surface area contributed by atoms with Crippen LogP contribution in [-0.4, -0.2) is 48.2 Å². The SMILES string of the molecule is CCc1c(C(=O)O)nnn1-c1cc(C(=O)O)cc(C(=O)O)c1. The average molecular weight is 305 g/mol. The number of nitrogens with zero attached hydrogens (tertiary/aromatic N) is 3. The second-order valence-electron chi connectivity index (χ2n) is 4.33. The Hall–Kier alpha value is -3.23. The summed E-state index contributed by atoms with van der Waals surface area (Å²) in [5, 5.41) is 34.3. The monoisotopic (exact) mass is 305 g/mol. The Morgan fingerprint density at radius 3 is 1.95 bits per heavy atom. The Labute approximate surface area is 123 Å². The van der Waals surface area contributed by atoms with Gasteiger partial charge in [-0.1, -0.05) is 12.1 Å². The first-order valence-electron chi connectivity index (χ1n) is 6.15. The van der Waals surface area contributed by atoms with Gasteiger partial charge in [-0.15, -0.1) is 5.10 Å². The largest absolute Gasteiger partial charge is 0.478 e. The zero-order valence-electron chi connectivity index (χ0n) is 11.3. The number of aromatic nitrogens is 3. The molecule has 0 spiro atoms. The predicted molar refractivity (Wildman–Crippen MR) is 71.6 cm³/mol. The molecule has 0 atom stereocenters. The molecule has 0 aliphatic carbocycles. The van der Waals surface area contributed by atoms with Crippen LogP contribution in [0.15, 0.2) is 18.2 Å². The van der Waals surface area contributed by atoms with Crippen molar-refractivity contribution in [1.82, 2.24) is 15.0 Å². The van der Waals surface area contributed by atoms with Gasteiger partial charge in [-0.05, 0) is 24.6 Å². The molecular weight excluding hydrogens is 294 g/mol. The number of hydrogen-bond donors (Lipinski definition) is 3. The average Bonchev–Trinajstić information content (AvgIpc) is 2.90. The molecule has 0 saturated carbocycles. The lowest BCUT2D eigenvalue weighted by molar-refractivity contribution is 0.0677. The quantitative estimate of drug-likeness (QED) is 0.740. The molecule has 0 bridgehead atoms. The maximum absolute atomic E-state index is 11.1. The van der Waals surface area contributed by atoms with E-state index in [-0.39, 0.29) is 34.6 Å². The van der Waals surface area contributed by atoms with Crippen LogP contribution >= 0.6 is 0 Å². The molecular formula is C13H11N3O6. The zero-order valence-corrected chi connectivity index (χ0v) is 11.3. The number of aromatic carboxylic acids is 3. The van der Waals surface area contributed by atoms with Gasteiger partial charge in [0.15, 0.2) is 5.69 Å². The van der Waals surface area contributed by atoms with Crippen molar-refractivity contribution in [1.29, 1.82) is 0 Å². The molecule has 3 N–H and O–H groups in total. The maximum Gasteiger partial charge on any atom is 0.358 e. The van der Waals surface area contributed by atoms with Crippen LogP contribution in [0.1, 0.15) is 43.8 Å². The van der Waals surface area contributed by atoms with Gasteiger partial charge < -0.3 is 15.3 Å². The van der Waals surface area contributed by atoms with Crippen LogP contribution in [0.5, 0.6) is 0 Å². The topological polar surface area (TPSA) is 143 Å². The van der Waals surface area contributed by atoms with Crippen LogP contribution in [0.3, 0.4) is 0 Å². The minimum Gasteiger partial charge on any atom is -0.478 e. The summed E-state index contributed by atoms with van der Waals surface area (Å²) < 4.78 is 1.13. The molecule has 9 heteroatoms. The van der Waals surface area contributed by atoms with Gasteiger partial charge in [-0.2, -0.15) is 0 Å². The summed E-state index contributed by atoms with van der Waals surface area (Å²) in [6.45, 7) is 1.68. The molecule has 1 aromatic heterocycles. The van der Waals surface area contributed by atoms with E-state index in [1.165, 1.54) is 12.1 Å². The highest BCUT2D eigenvalue weighted by atomic mass is 16.4. The molecule has 1 aromatic carbocycles. The van der Waals surface area contributed by atoms with Crippen molar-refractivity contribution in [2.75, 3.05) is 0 Å². The number of carboxylic acid groups (broad SMARTS) is 3. The van der Waals surface area contributed by atoms with E-state index in [9.17, 15) is 14.4 Å². The van der Waals surface area contributed by atoms with E-state index < -0.39 is 17.9 Å². The summed E-state index contributed by atoms with van der Waals surface area (Å²) in [5.41, 5.74) is -0.394. The second kappa shape index (κ2) is 5.64. The Kier molecular flexibility index (Phi) is 3.89. The molecule has 0 radical (unpaired) electrons. The van der Waals surface area contributed by atoms with Crippen molar-refractivity contribution < 1.29 is 29.7 Å². The molecule has 0 amide bonds. The fourth-order valence-corrected chi connectivity index (χ4v) is 1.97. The summed E-state index contributed by atoms with van der Waals surface area (Å²) in [6, 6.07) is 3.41. The standard InChI is InChI=1S/C13H11N3O6/c1-2-9-10(13(21)22)14-15-16(9)8-4-6(11(17)18)3-7(5-8)12(19)20/h3-5H,2H2,1H3,(H,17,18)(H,19,20)(H,21,22). The Morgan fingerprint density at radius 2 is 1.55 bits per heavy atom. The Balaban J connectivity index is 2.69. The van der Waals surface area contributed by atoms with Crippen molar-refractivity contribution >= 4 is 17.9 Å². The molecule has 2 aromatic rings. The third-order valence-corrected chi connectivity index (χ3v) is 2.96. The van der Waals surface area contributed by atoms with Gasteiger partial charge in [0.2, 0.25) is 0 Å². The molecule has 0 saturated heterocycles. The summed E-state index contributed by atoms with van der Waals surface area (Å²) >= 11 is 0. The van der Waals surface area contributed by atoms with Gasteiger partial charge in [0.25, 0.3) is 0 Å². The minimum absolute atomic E-state index is 0.120. The van der Waals surface area contributed by atoms with Crippen LogP contribution < -0.4 is 0 Å². The third-order valence-electron chi connectivity index (χ3n) is 2.96. The highest BCUT2D eigenvalue weighted by Gasteiger charge is 2.20. The summed E-state index contributed by atoms with van der Waals surface area (Å²) in [5.74, 6) is -3.88. The highest BCUT2D eigenvalue weighted by molar-refractivity contribution is 5.95. The lowest BCUT2D eigenvalue weighted by atomic mass is 10.1. The van der Waals surface area contributed by atoms with Crippen molar-refractivity contribution in [2.24, 2.45) is 0 Å². The molecule has 0 aliphatic rings. The fraction of sp³-hybridized carbons (Fsp3) is 0.154. The number of carbonyl (C=O) groups is 3. The lowest BCUT2D eigenvalue weighted by Crippen LogP contribution is -2.09. The maximum atomic E-state index is 11.1. The van der Waals surface area contributed by atoms with Gasteiger partial charge in [-0.25, -0.2) is 19.1 Å². The summed E-state index contributed by atoms with van der Waals surface area (Å²) in [4.78, 5) is 33.3. The van der Waals surface area contributed by atoms with Crippen molar-refractivity contribution in [3.63, 3.8) is 0 Å². The van der Waals surface area contributed by atoms with Crippen LogP contribution in [0.2, 0.25) is 0 Å². The lowest BCUT2D eigenvalue weighted by Gasteiger charge is -2.08. The molecule has 114 valence electrons. The summed E-state index contributed by atoms with van der Waals surface area (Å²) in [6.07, 6.45) is 0.272. The normalized spacial score (nSPS) is 10.4. The van der Waals surface area contributed by atoms with E-state index in [1.54, 1.807) is 6.92 Å². The van der Waals surface area contributed by atoms with Crippen LogP contribution in [0, 0.1) is 0 Å². The number of carboxylic acids is 3. The number of hydrogen-bond acceptors (Lipinski definition) is 5. The molecule has 9 nitrogen and oxygen atoms in total. The first kappa shape index (κ1) is 15.2. The molecule has 1 heterocycles. The molecule has 0 aliphatic heterocycles. The molecule has 0 unspecified atom stereocenters. The van der Waals surface area contributed by atoms with Crippen LogP contribution in [-0.2, 0) is 6.42 Å². The first-order valence-corrected chi connectivity index (χ1v) is 6.15. The number of benzene rings is 1. The minimum atomic E-state index is -1.30. The van der Waals surface area contributed by atoms with Crippen LogP contribution in [0.25, 0.3) is 5.69 Å². The van der Waals surface area contributed by atoms with E-state index in [2.05, 4.69) is 10.3 Å². The van der Waals surface area contributed by atoms with Gasteiger partial charge >= 0.3 is 17.9 Å². The van der Waals surface area contributed by atoms with E-state index in [4.69, 9.17) is 15.3 Å². The van der Waals surface area contributed by atoms with E-state index >= 15 is 0 Å². The molecule has 0 fully saturated rings. The zero-order chi connectivity index (χ0) is 16.4. The van der Waals surface area contributed by atoms with Gasteiger partial charge in [0.1, 0.15) is 0 Å². The van der Waals surface area contributed by atoms with Gasteiger partial charge in [-0.3, -0.25) is 0 Å². The van der Waals surface area contributed by atoms with Gasteiger partial charge in [0, 0.05) is 0 Å². The van der Waals surface area contributed by atoms with Crippen molar-refractivity contribution in [3.8, 4) is 5.69 Å². The van der Waals surface area contributed by atoms with E-state index in [0.29, 0.717) is 0 Å². The number of rotatable bonds is 5. The molecule has 22 heavy (non-hydrogen) atoms. The second-order valence-corrected chi connectivity index (χ2v) is 4.33. The van der Waals surface area contributed by atoms with Crippen molar-refractivity contribution in [2.45, 2.75) is 13.3 Å². The Bertz CT molecular complexity index is 748. The van der Waals surface area contributed by atoms with E-state index in [1.807, 2.05) is 0 Å².